The zero-order chi connectivity index (χ0) is 15.0. The minimum Gasteiger partial charge on any atom is -0.404 e. The third-order valence-corrected chi connectivity index (χ3v) is 4.78. The molecule has 1 atom stereocenters. The average Bonchev–Trinajstić information content (AvgIpc) is 2.75. The summed E-state index contributed by atoms with van der Waals surface area (Å²) in [4.78, 5) is -0.508. The molecule has 0 saturated carbocycles. The molecule has 1 aromatic rings. The molecule has 1 aliphatic heterocycles. The van der Waals surface area contributed by atoms with Crippen molar-refractivity contribution in [1.29, 1.82) is 0 Å². The standard InChI is InChI=1S/C11H13F3N2O3S/c12-11(13,14)19-9-3-1-2-4-10(9)20(17,18)16-6-5-8(15)7-16/h1-4,8H,5-7,15H2/t8-/m0/s1. The Morgan fingerprint density at radius 1 is 1.30 bits per heavy atom. The summed E-state index contributed by atoms with van der Waals surface area (Å²) in [6, 6.07) is 4.36. The quantitative estimate of drug-likeness (QED) is 0.913. The second kappa shape index (κ2) is 5.23. The van der Waals surface area contributed by atoms with E-state index >= 15 is 0 Å². The first-order valence-electron chi connectivity index (χ1n) is 5.80. The van der Waals surface area contributed by atoms with E-state index in [9.17, 15) is 21.6 Å². The molecule has 112 valence electrons. The zero-order valence-electron chi connectivity index (χ0n) is 10.3. The van der Waals surface area contributed by atoms with Crippen LogP contribution in [0.4, 0.5) is 13.2 Å². The number of halogens is 3. The molecule has 0 spiro atoms. The summed E-state index contributed by atoms with van der Waals surface area (Å²) in [5.41, 5.74) is 5.62. The molecule has 9 heteroatoms. The highest BCUT2D eigenvalue weighted by Gasteiger charge is 2.37. The van der Waals surface area contributed by atoms with E-state index in [0.717, 1.165) is 16.4 Å². The van der Waals surface area contributed by atoms with E-state index in [1.165, 1.54) is 12.1 Å². The van der Waals surface area contributed by atoms with Crippen LogP contribution in [0.1, 0.15) is 6.42 Å². The van der Waals surface area contributed by atoms with Crippen molar-refractivity contribution >= 4 is 10.0 Å². The second-order valence-corrected chi connectivity index (χ2v) is 6.31. The highest BCUT2D eigenvalue weighted by atomic mass is 32.2. The summed E-state index contributed by atoms with van der Waals surface area (Å²) in [5, 5.41) is 0. The number of para-hydroxylation sites is 1. The van der Waals surface area contributed by atoms with Gasteiger partial charge in [0, 0.05) is 19.1 Å². The lowest BCUT2D eigenvalue weighted by molar-refractivity contribution is -0.275. The Balaban J connectivity index is 2.37. The molecular formula is C11H13F3N2O3S. The van der Waals surface area contributed by atoms with Gasteiger partial charge in [-0.3, -0.25) is 0 Å². The Kier molecular flexibility index (Phi) is 3.94. The van der Waals surface area contributed by atoms with Crippen LogP contribution in [0.25, 0.3) is 0 Å². The minimum absolute atomic E-state index is 0.0860. The van der Waals surface area contributed by atoms with Crippen molar-refractivity contribution in [3.05, 3.63) is 24.3 Å². The molecule has 0 radical (unpaired) electrons. The highest BCUT2D eigenvalue weighted by Crippen LogP contribution is 2.32. The molecule has 0 unspecified atom stereocenters. The number of ether oxygens (including phenoxy) is 1. The van der Waals surface area contributed by atoms with Gasteiger partial charge in [-0.15, -0.1) is 13.2 Å². The smallest absolute Gasteiger partial charge is 0.404 e. The van der Waals surface area contributed by atoms with Gasteiger partial charge in [-0.2, -0.15) is 4.31 Å². The van der Waals surface area contributed by atoms with E-state index in [2.05, 4.69) is 4.74 Å². The number of benzene rings is 1. The van der Waals surface area contributed by atoms with Crippen LogP contribution in [0.15, 0.2) is 29.2 Å². The van der Waals surface area contributed by atoms with Crippen LogP contribution in [-0.2, 0) is 10.0 Å². The molecule has 2 rings (SSSR count). The minimum atomic E-state index is -4.95. The van der Waals surface area contributed by atoms with Crippen LogP contribution < -0.4 is 10.5 Å². The molecular weight excluding hydrogens is 297 g/mol. The number of alkyl halides is 3. The van der Waals surface area contributed by atoms with E-state index in [0.29, 0.717) is 6.42 Å². The van der Waals surface area contributed by atoms with Gasteiger partial charge in [0.1, 0.15) is 10.6 Å². The Morgan fingerprint density at radius 3 is 2.50 bits per heavy atom. The van der Waals surface area contributed by atoms with Crippen molar-refractivity contribution in [2.75, 3.05) is 13.1 Å². The maximum Gasteiger partial charge on any atom is 0.573 e. The second-order valence-electron chi connectivity index (χ2n) is 4.41. The number of sulfonamides is 1. The van der Waals surface area contributed by atoms with Crippen molar-refractivity contribution < 1.29 is 26.3 Å². The number of hydrogen-bond acceptors (Lipinski definition) is 4. The van der Waals surface area contributed by atoms with Crippen LogP contribution in [0.2, 0.25) is 0 Å². The zero-order valence-corrected chi connectivity index (χ0v) is 11.1. The molecule has 0 bridgehead atoms. The van der Waals surface area contributed by atoms with Crippen LogP contribution in [-0.4, -0.2) is 38.2 Å². The van der Waals surface area contributed by atoms with Gasteiger partial charge in [-0.1, -0.05) is 12.1 Å². The molecule has 1 heterocycles. The predicted molar refractivity (Wildman–Crippen MR) is 64.5 cm³/mol. The predicted octanol–water partition coefficient (Wildman–Crippen LogP) is 1.31. The summed E-state index contributed by atoms with van der Waals surface area (Å²) < 4.78 is 66.3. The maximum absolute atomic E-state index is 12.3. The summed E-state index contributed by atoms with van der Waals surface area (Å²) in [6.45, 7) is 0.270. The van der Waals surface area contributed by atoms with Crippen molar-refractivity contribution in [2.45, 2.75) is 23.7 Å². The monoisotopic (exact) mass is 310 g/mol. The molecule has 1 aromatic carbocycles. The Hall–Kier alpha value is -1.32. The normalized spacial score (nSPS) is 21.1. The maximum atomic E-state index is 12.3. The number of nitrogens with two attached hydrogens (primary N) is 1. The topological polar surface area (TPSA) is 72.6 Å². The highest BCUT2D eigenvalue weighted by molar-refractivity contribution is 7.89. The van der Waals surface area contributed by atoms with E-state index in [-0.39, 0.29) is 19.1 Å². The van der Waals surface area contributed by atoms with Crippen molar-refractivity contribution in [1.82, 2.24) is 4.31 Å². The van der Waals surface area contributed by atoms with E-state index in [1.54, 1.807) is 0 Å². The molecule has 1 saturated heterocycles. The SMILES string of the molecule is N[C@H]1CCN(S(=O)(=O)c2ccccc2OC(F)(F)F)C1. The summed E-state index contributed by atoms with van der Waals surface area (Å²) in [7, 11) is -4.05. The van der Waals surface area contributed by atoms with Gasteiger partial charge in [0.25, 0.3) is 0 Å². The van der Waals surface area contributed by atoms with Gasteiger partial charge in [-0.25, -0.2) is 8.42 Å². The lowest BCUT2D eigenvalue weighted by Gasteiger charge is -2.19. The number of rotatable bonds is 3. The fourth-order valence-electron chi connectivity index (χ4n) is 1.98. The number of hydrogen-bond donors (Lipinski definition) is 1. The van der Waals surface area contributed by atoms with E-state index < -0.39 is 27.0 Å². The Morgan fingerprint density at radius 2 is 1.95 bits per heavy atom. The van der Waals surface area contributed by atoms with Crippen LogP contribution in [0, 0.1) is 0 Å². The molecule has 20 heavy (non-hydrogen) atoms. The fourth-order valence-corrected chi connectivity index (χ4v) is 3.61. The summed E-state index contributed by atoms with van der Waals surface area (Å²) in [5.74, 6) is -0.736. The van der Waals surface area contributed by atoms with Crippen molar-refractivity contribution in [3.63, 3.8) is 0 Å². The lowest BCUT2D eigenvalue weighted by Crippen LogP contribution is -2.32. The van der Waals surface area contributed by atoms with Gasteiger partial charge in [0.05, 0.1) is 0 Å². The average molecular weight is 310 g/mol. The lowest BCUT2D eigenvalue weighted by atomic mass is 10.3. The van der Waals surface area contributed by atoms with Gasteiger partial charge < -0.3 is 10.5 Å². The van der Waals surface area contributed by atoms with Crippen molar-refractivity contribution in [3.8, 4) is 5.75 Å². The number of nitrogens with zero attached hydrogens (tertiary/aromatic N) is 1. The van der Waals surface area contributed by atoms with Gasteiger partial charge >= 0.3 is 6.36 Å². The molecule has 5 nitrogen and oxygen atoms in total. The third kappa shape index (κ3) is 3.22. The Bertz CT molecular complexity index is 589. The van der Waals surface area contributed by atoms with Gasteiger partial charge in [0.2, 0.25) is 10.0 Å². The fraction of sp³-hybridized carbons (Fsp3) is 0.455. The van der Waals surface area contributed by atoms with Crippen LogP contribution in [0.5, 0.6) is 5.75 Å². The first-order chi connectivity index (χ1) is 9.20. The van der Waals surface area contributed by atoms with Crippen LogP contribution in [0.3, 0.4) is 0 Å². The first kappa shape index (κ1) is 15.1. The first-order valence-corrected chi connectivity index (χ1v) is 7.24. The Labute approximate surface area is 114 Å². The van der Waals surface area contributed by atoms with Gasteiger partial charge in [0.15, 0.2) is 0 Å². The third-order valence-electron chi connectivity index (χ3n) is 2.88. The largest absolute Gasteiger partial charge is 0.573 e. The van der Waals surface area contributed by atoms with E-state index in [1.807, 2.05) is 0 Å². The van der Waals surface area contributed by atoms with E-state index in [4.69, 9.17) is 5.73 Å². The van der Waals surface area contributed by atoms with Crippen LogP contribution >= 0.6 is 0 Å². The molecule has 2 N–H and O–H groups in total. The van der Waals surface area contributed by atoms with Crippen molar-refractivity contribution in [2.24, 2.45) is 5.73 Å². The molecule has 1 fully saturated rings. The molecule has 0 amide bonds. The van der Waals surface area contributed by atoms with Gasteiger partial charge in [-0.05, 0) is 18.6 Å². The summed E-state index contributed by atoms with van der Waals surface area (Å²) in [6.07, 6.45) is -4.48. The molecule has 1 aliphatic rings. The molecule has 0 aliphatic carbocycles. The molecule has 0 aromatic heterocycles. The summed E-state index contributed by atoms with van der Waals surface area (Å²) >= 11 is 0.